The quantitative estimate of drug-likeness (QED) is 0.545. The van der Waals surface area contributed by atoms with Crippen LogP contribution in [0, 0.1) is 0 Å². The van der Waals surface area contributed by atoms with E-state index in [0.717, 1.165) is 0 Å². The van der Waals surface area contributed by atoms with Crippen LogP contribution in [-0.4, -0.2) is 43.9 Å². The van der Waals surface area contributed by atoms with Crippen LogP contribution < -0.4 is 14.8 Å². The maximum atomic E-state index is 12.1. The van der Waals surface area contributed by atoms with Crippen molar-refractivity contribution in [2.24, 2.45) is 0 Å². The minimum atomic E-state index is -0.798. The number of hydrogen-bond acceptors (Lipinski definition) is 7. The van der Waals surface area contributed by atoms with Crippen LogP contribution >= 0.6 is 0 Å². The van der Waals surface area contributed by atoms with Gasteiger partial charge < -0.3 is 14.2 Å². The first-order chi connectivity index (χ1) is 13.4. The van der Waals surface area contributed by atoms with Gasteiger partial charge in [0.1, 0.15) is 11.5 Å². The Hall–Kier alpha value is -3.68. The van der Waals surface area contributed by atoms with E-state index in [9.17, 15) is 19.2 Å². The van der Waals surface area contributed by atoms with E-state index in [1.165, 1.54) is 26.2 Å². The van der Waals surface area contributed by atoms with Gasteiger partial charge in [-0.15, -0.1) is 0 Å². The number of nitrogens with one attached hydrogen (secondary N) is 1. The van der Waals surface area contributed by atoms with Crippen molar-refractivity contribution in [1.82, 2.24) is 5.32 Å². The van der Waals surface area contributed by atoms with Crippen molar-refractivity contribution in [3.63, 3.8) is 0 Å². The standard InChI is InChI=1S/C20H19NO7/c1-13(22)14-6-5-7-15(10-14)27-12-19(24)28-11-18(23)21-20(25)16-8-3-4-9-17(16)26-2/h3-10H,11-12H2,1-2H3,(H,21,23,25). The Morgan fingerprint density at radius 2 is 1.71 bits per heavy atom. The Morgan fingerprint density at radius 1 is 0.964 bits per heavy atom. The Balaban J connectivity index is 1.79. The number of imide groups is 1. The van der Waals surface area contributed by atoms with Crippen LogP contribution in [0.2, 0.25) is 0 Å². The van der Waals surface area contributed by atoms with E-state index in [0.29, 0.717) is 17.1 Å². The highest BCUT2D eigenvalue weighted by molar-refractivity contribution is 6.06. The molecule has 2 amide bonds. The normalized spacial score (nSPS) is 9.93. The molecule has 0 fully saturated rings. The summed E-state index contributed by atoms with van der Waals surface area (Å²) in [7, 11) is 1.40. The molecule has 28 heavy (non-hydrogen) atoms. The van der Waals surface area contributed by atoms with Crippen LogP contribution in [0.5, 0.6) is 11.5 Å². The molecule has 0 atom stereocenters. The highest BCUT2D eigenvalue weighted by atomic mass is 16.6. The van der Waals surface area contributed by atoms with Gasteiger partial charge in [0.25, 0.3) is 11.8 Å². The molecule has 0 saturated heterocycles. The number of esters is 1. The summed E-state index contributed by atoms with van der Waals surface area (Å²) in [6, 6.07) is 12.7. The second-order valence-corrected chi connectivity index (χ2v) is 5.61. The van der Waals surface area contributed by atoms with E-state index < -0.39 is 31.0 Å². The molecule has 0 saturated carbocycles. The number of methoxy groups -OCH3 is 1. The summed E-state index contributed by atoms with van der Waals surface area (Å²) in [5.74, 6) is -1.76. The number of para-hydroxylation sites is 1. The van der Waals surface area contributed by atoms with Gasteiger partial charge in [0.2, 0.25) is 0 Å². The molecule has 0 aliphatic carbocycles. The number of rotatable bonds is 8. The van der Waals surface area contributed by atoms with Crippen molar-refractivity contribution >= 4 is 23.6 Å². The Kier molecular flexibility index (Phi) is 7.27. The molecule has 0 spiro atoms. The van der Waals surface area contributed by atoms with Crippen molar-refractivity contribution in [2.75, 3.05) is 20.3 Å². The van der Waals surface area contributed by atoms with Crippen LogP contribution in [0.3, 0.4) is 0 Å². The molecule has 1 N–H and O–H groups in total. The first kappa shape index (κ1) is 20.6. The van der Waals surface area contributed by atoms with Crippen LogP contribution in [0.15, 0.2) is 48.5 Å². The summed E-state index contributed by atoms with van der Waals surface area (Å²) >= 11 is 0. The second kappa shape index (κ2) is 9.86. The lowest BCUT2D eigenvalue weighted by molar-refractivity contribution is -0.150. The van der Waals surface area contributed by atoms with Gasteiger partial charge in [0, 0.05) is 5.56 Å². The Morgan fingerprint density at radius 3 is 2.43 bits per heavy atom. The number of benzene rings is 2. The maximum Gasteiger partial charge on any atom is 0.344 e. The summed E-state index contributed by atoms with van der Waals surface area (Å²) in [6.45, 7) is 0.323. The highest BCUT2D eigenvalue weighted by Crippen LogP contribution is 2.16. The zero-order chi connectivity index (χ0) is 20.5. The molecular weight excluding hydrogens is 366 g/mol. The van der Waals surface area contributed by atoms with Crippen LogP contribution in [0.25, 0.3) is 0 Å². The molecule has 0 aliphatic rings. The smallest absolute Gasteiger partial charge is 0.344 e. The molecule has 0 heterocycles. The number of carbonyl (C=O) groups excluding carboxylic acids is 4. The molecule has 2 rings (SSSR count). The van der Waals surface area contributed by atoms with Gasteiger partial charge in [-0.25, -0.2) is 4.79 Å². The number of ether oxygens (including phenoxy) is 3. The van der Waals surface area contributed by atoms with Crippen molar-refractivity contribution in [2.45, 2.75) is 6.92 Å². The zero-order valence-electron chi connectivity index (χ0n) is 15.4. The molecule has 0 bridgehead atoms. The summed E-state index contributed by atoms with van der Waals surface area (Å²) < 4.78 is 15.0. The van der Waals surface area contributed by atoms with Gasteiger partial charge in [-0.3, -0.25) is 19.7 Å². The van der Waals surface area contributed by atoms with Gasteiger partial charge in [-0.2, -0.15) is 0 Å². The molecule has 2 aromatic rings. The lowest BCUT2D eigenvalue weighted by Gasteiger charge is -2.09. The minimum absolute atomic E-state index is 0.135. The fraction of sp³-hybridized carbons (Fsp3) is 0.200. The van der Waals surface area contributed by atoms with Crippen LogP contribution in [0.4, 0.5) is 0 Å². The van der Waals surface area contributed by atoms with Crippen molar-refractivity contribution in [1.29, 1.82) is 0 Å². The van der Waals surface area contributed by atoms with E-state index >= 15 is 0 Å². The third-order valence-corrected chi connectivity index (χ3v) is 3.57. The molecule has 8 nitrogen and oxygen atoms in total. The number of amides is 2. The van der Waals surface area contributed by atoms with Crippen molar-refractivity contribution in [3.05, 3.63) is 59.7 Å². The molecule has 0 aromatic heterocycles. The minimum Gasteiger partial charge on any atom is -0.496 e. The average molecular weight is 385 g/mol. The first-order valence-electron chi connectivity index (χ1n) is 8.27. The van der Waals surface area contributed by atoms with Gasteiger partial charge in [-0.05, 0) is 31.2 Å². The van der Waals surface area contributed by atoms with Gasteiger partial charge in [0.15, 0.2) is 19.0 Å². The predicted octanol–water partition coefficient (Wildman–Crippen LogP) is 1.78. The number of carbonyl (C=O) groups is 4. The zero-order valence-corrected chi connectivity index (χ0v) is 15.4. The molecular formula is C20H19NO7. The third-order valence-electron chi connectivity index (χ3n) is 3.57. The van der Waals surface area contributed by atoms with Gasteiger partial charge in [-0.1, -0.05) is 24.3 Å². The highest BCUT2D eigenvalue weighted by Gasteiger charge is 2.16. The summed E-state index contributed by atoms with van der Waals surface area (Å²) in [6.07, 6.45) is 0. The first-order valence-corrected chi connectivity index (χ1v) is 8.27. The molecule has 2 aromatic carbocycles. The number of hydrogen-bond donors (Lipinski definition) is 1. The van der Waals surface area contributed by atoms with E-state index in [2.05, 4.69) is 5.32 Å². The fourth-order valence-electron chi connectivity index (χ4n) is 2.20. The summed E-state index contributed by atoms with van der Waals surface area (Å²) in [5, 5.41) is 2.11. The van der Waals surface area contributed by atoms with Crippen LogP contribution in [0.1, 0.15) is 27.6 Å². The van der Waals surface area contributed by atoms with E-state index in [1.807, 2.05) is 0 Å². The summed E-state index contributed by atoms with van der Waals surface area (Å²) in [4.78, 5) is 46.9. The summed E-state index contributed by atoms with van der Waals surface area (Å²) in [5.41, 5.74) is 0.624. The third kappa shape index (κ3) is 5.94. The molecule has 8 heteroatoms. The van der Waals surface area contributed by atoms with E-state index in [4.69, 9.17) is 14.2 Å². The lowest BCUT2D eigenvalue weighted by Crippen LogP contribution is -2.34. The number of Topliss-reactive ketones (excluding diaryl/α,β-unsaturated/α-hetero) is 1. The van der Waals surface area contributed by atoms with Gasteiger partial charge in [0.05, 0.1) is 12.7 Å². The SMILES string of the molecule is COc1ccccc1C(=O)NC(=O)COC(=O)COc1cccc(C(C)=O)c1. The predicted molar refractivity (Wildman–Crippen MR) is 98.4 cm³/mol. The molecule has 0 radical (unpaired) electrons. The largest absolute Gasteiger partial charge is 0.496 e. The van der Waals surface area contributed by atoms with Crippen LogP contribution in [-0.2, 0) is 14.3 Å². The van der Waals surface area contributed by atoms with E-state index in [-0.39, 0.29) is 11.3 Å². The van der Waals surface area contributed by atoms with E-state index in [1.54, 1.807) is 36.4 Å². The maximum absolute atomic E-state index is 12.1. The lowest BCUT2D eigenvalue weighted by atomic mass is 10.1. The fourth-order valence-corrected chi connectivity index (χ4v) is 2.20. The second-order valence-electron chi connectivity index (χ2n) is 5.61. The molecule has 0 unspecified atom stereocenters. The van der Waals surface area contributed by atoms with Crippen molar-refractivity contribution in [3.8, 4) is 11.5 Å². The molecule has 146 valence electrons. The Labute approximate surface area is 161 Å². The number of ketones is 1. The monoisotopic (exact) mass is 385 g/mol. The Bertz CT molecular complexity index is 892. The molecule has 0 aliphatic heterocycles. The van der Waals surface area contributed by atoms with Gasteiger partial charge >= 0.3 is 5.97 Å². The topological polar surface area (TPSA) is 108 Å². The van der Waals surface area contributed by atoms with Crippen molar-refractivity contribution < 1.29 is 33.4 Å². The average Bonchev–Trinajstić information content (AvgIpc) is 2.70.